The van der Waals surface area contributed by atoms with Gasteiger partial charge >= 0.3 is 0 Å². The molecule has 0 radical (unpaired) electrons. The van der Waals surface area contributed by atoms with Crippen LogP contribution in [0, 0.1) is 0 Å². The second-order valence-corrected chi connectivity index (χ2v) is 7.35. The Morgan fingerprint density at radius 3 is 2.43 bits per heavy atom. The lowest BCUT2D eigenvalue weighted by Gasteiger charge is -2.26. The van der Waals surface area contributed by atoms with Gasteiger partial charge in [-0.2, -0.15) is 0 Å². The van der Waals surface area contributed by atoms with Gasteiger partial charge in [-0.15, -0.1) is 0 Å². The summed E-state index contributed by atoms with van der Waals surface area (Å²) in [7, 11) is 0. The Kier molecular flexibility index (Phi) is 5.43. The van der Waals surface area contributed by atoms with Crippen molar-refractivity contribution >= 4 is 11.5 Å². The number of nitrogens with zero attached hydrogens (tertiary/aromatic N) is 1. The molecule has 3 aromatic carbocycles. The maximum atomic E-state index is 11.5. The van der Waals surface area contributed by atoms with Crippen LogP contribution >= 0.6 is 0 Å². The molecule has 4 rings (SSSR count). The molecule has 3 aromatic rings. The molecule has 28 heavy (non-hydrogen) atoms. The van der Waals surface area contributed by atoms with Gasteiger partial charge in [0.2, 0.25) is 0 Å². The highest BCUT2D eigenvalue weighted by Crippen LogP contribution is 2.34. The standard InChI is InChI=1S/C25H25NO2/c1-19(27)18-22-10-7-17-26(22)21-13-15-23(16-14-21)28-25-12-6-5-11-24(25)20-8-3-2-4-9-20/h2-6,8-9,11-16,22H,7,10,17-18H2,1H3. The highest BCUT2D eigenvalue weighted by Gasteiger charge is 2.25. The summed E-state index contributed by atoms with van der Waals surface area (Å²) < 4.78 is 6.20. The predicted molar refractivity (Wildman–Crippen MR) is 114 cm³/mol. The van der Waals surface area contributed by atoms with E-state index < -0.39 is 0 Å². The van der Waals surface area contributed by atoms with Gasteiger partial charge in [-0.1, -0.05) is 48.5 Å². The molecule has 0 aromatic heterocycles. The van der Waals surface area contributed by atoms with Crippen LogP contribution in [0.3, 0.4) is 0 Å². The van der Waals surface area contributed by atoms with Crippen molar-refractivity contribution in [3.63, 3.8) is 0 Å². The fourth-order valence-electron chi connectivity index (χ4n) is 3.96. The van der Waals surface area contributed by atoms with Gasteiger partial charge in [0.05, 0.1) is 0 Å². The van der Waals surface area contributed by atoms with E-state index in [-0.39, 0.29) is 5.78 Å². The number of hydrogen-bond acceptors (Lipinski definition) is 3. The molecule has 3 nitrogen and oxygen atoms in total. The van der Waals surface area contributed by atoms with Crippen molar-refractivity contribution in [3.8, 4) is 22.6 Å². The van der Waals surface area contributed by atoms with E-state index >= 15 is 0 Å². The highest BCUT2D eigenvalue weighted by molar-refractivity contribution is 5.77. The van der Waals surface area contributed by atoms with E-state index in [1.54, 1.807) is 6.92 Å². The van der Waals surface area contributed by atoms with Crippen LogP contribution in [0.25, 0.3) is 11.1 Å². The number of anilines is 1. The van der Waals surface area contributed by atoms with Crippen LogP contribution in [-0.2, 0) is 4.79 Å². The molecule has 0 amide bonds. The van der Waals surface area contributed by atoms with Gasteiger partial charge in [-0.05, 0) is 55.7 Å². The first-order chi connectivity index (χ1) is 13.7. The lowest BCUT2D eigenvalue weighted by molar-refractivity contribution is -0.117. The lowest BCUT2D eigenvalue weighted by Crippen LogP contribution is -2.30. The fourth-order valence-corrected chi connectivity index (χ4v) is 3.96. The monoisotopic (exact) mass is 371 g/mol. The summed E-state index contributed by atoms with van der Waals surface area (Å²) in [5, 5.41) is 0. The SMILES string of the molecule is CC(=O)CC1CCCN1c1ccc(Oc2ccccc2-c2ccccc2)cc1. The second kappa shape index (κ2) is 8.30. The molecule has 0 spiro atoms. The summed E-state index contributed by atoms with van der Waals surface area (Å²) in [5.41, 5.74) is 3.37. The topological polar surface area (TPSA) is 29.5 Å². The summed E-state index contributed by atoms with van der Waals surface area (Å²) in [6, 6.07) is 26.9. The molecule has 1 aliphatic heterocycles. The normalized spacial score (nSPS) is 16.2. The second-order valence-electron chi connectivity index (χ2n) is 7.35. The minimum absolute atomic E-state index is 0.259. The Hall–Kier alpha value is -3.07. The van der Waals surface area contributed by atoms with Crippen molar-refractivity contribution in [3.05, 3.63) is 78.9 Å². The third kappa shape index (κ3) is 4.09. The van der Waals surface area contributed by atoms with E-state index in [1.165, 1.54) is 0 Å². The lowest BCUT2D eigenvalue weighted by atomic mass is 10.0. The van der Waals surface area contributed by atoms with Crippen LogP contribution in [0.5, 0.6) is 11.5 Å². The molecule has 1 saturated heterocycles. The van der Waals surface area contributed by atoms with Crippen molar-refractivity contribution < 1.29 is 9.53 Å². The Labute approximate surface area is 166 Å². The van der Waals surface area contributed by atoms with Crippen LogP contribution in [0.15, 0.2) is 78.9 Å². The predicted octanol–water partition coefficient (Wildman–Crippen LogP) is 6.09. The molecule has 1 aliphatic rings. The van der Waals surface area contributed by atoms with E-state index in [1.807, 2.05) is 48.5 Å². The number of rotatable bonds is 6. The number of ether oxygens (including phenoxy) is 1. The molecule has 0 N–H and O–H groups in total. The molecular formula is C25H25NO2. The van der Waals surface area contributed by atoms with Crippen LogP contribution < -0.4 is 9.64 Å². The van der Waals surface area contributed by atoms with E-state index in [2.05, 4.69) is 35.2 Å². The number of ketones is 1. The van der Waals surface area contributed by atoms with Crippen molar-refractivity contribution in [2.75, 3.05) is 11.4 Å². The Balaban J connectivity index is 1.53. The van der Waals surface area contributed by atoms with Crippen LogP contribution in [-0.4, -0.2) is 18.4 Å². The minimum atomic E-state index is 0.259. The summed E-state index contributed by atoms with van der Waals surface area (Å²) in [6.45, 7) is 2.69. The average Bonchev–Trinajstić information content (AvgIpc) is 3.17. The molecule has 0 aliphatic carbocycles. The van der Waals surface area contributed by atoms with Gasteiger partial charge < -0.3 is 9.64 Å². The molecular weight excluding hydrogens is 346 g/mol. The molecule has 1 unspecified atom stereocenters. The zero-order valence-corrected chi connectivity index (χ0v) is 16.2. The van der Waals surface area contributed by atoms with E-state index in [0.29, 0.717) is 12.5 Å². The van der Waals surface area contributed by atoms with Crippen molar-refractivity contribution in [1.82, 2.24) is 0 Å². The van der Waals surface area contributed by atoms with Crippen molar-refractivity contribution in [2.45, 2.75) is 32.2 Å². The van der Waals surface area contributed by atoms with Gasteiger partial charge in [0.1, 0.15) is 17.3 Å². The molecule has 1 heterocycles. The highest BCUT2D eigenvalue weighted by atomic mass is 16.5. The number of benzene rings is 3. The summed E-state index contributed by atoms with van der Waals surface area (Å²) >= 11 is 0. The summed E-state index contributed by atoms with van der Waals surface area (Å²) in [4.78, 5) is 13.9. The third-order valence-corrected chi connectivity index (χ3v) is 5.27. The van der Waals surface area contributed by atoms with Gasteiger partial charge in [-0.3, -0.25) is 4.79 Å². The number of carbonyl (C=O) groups excluding carboxylic acids is 1. The van der Waals surface area contributed by atoms with Gasteiger partial charge in [-0.25, -0.2) is 0 Å². The first kappa shape index (κ1) is 18.3. The molecule has 142 valence electrons. The van der Waals surface area contributed by atoms with Gasteiger partial charge in [0.15, 0.2) is 0 Å². The molecule has 0 saturated carbocycles. The summed E-state index contributed by atoms with van der Waals surface area (Å²) in [6.07, 6.45) is 2.85. The zero-order valence-electron chi connectivity index (χ0n) is 16.2. The Morgan fingerprint density at radius 2 is 1.68 bits per heavy atom. The molecule has 1 atom stereocenters. The van der Waals surface area contributed by atoms with Crippen LogP contribution in [0.1, 0.15) is 26.2 Å². The Bertz CT molecular complexity index is 934. The Morgan fingerprint density at radius 1 is 0.964 bits per heavy atom. The van der Waals surface area contributed by atoms with Crippen LogP contribution in [0.2, 0.25) is 0 Å². The number of para-hydroxylation sites is 1. The molecule has 1 fully saturated rings. The first-order valence-corrected chi connectivity index (χ1v) is 9.89. The maximum Gasteiger partial charge on any atom is 0.135 e. The maximum absolute atomic E-state index is 11.5. The average molecular weight is 371 g/mol. The molecule has 3 heteroatoms. The van der Waals surface area contributed by atoms with Crippen molar-refractivity contribution in [1.29, 1.82) is 0 Å². The first-order valence-electron chi connectivity index (χ1n) is 9.89. The molecule has 0 bridgehead atoms. The van der Waals surface area contributed by atoms with Crippen molar-refractivity contribution in [2.24, 2.45) is 0 Å². The largest absolute Gasteiger partial charge is 0.457 e. The number of carbonyl (C=O) groups is 1. The number of Topliss-reactive ketones (excluding diaryl/α,β-unsaturated/α-hetero) is 1. The summed E-state index contributed by atoms with van der Waals surface area (Å²) in [5.74, 6) is 1.92. The van der Waals surface area contributed by atoms with E-state index in [4.69, 9.17) is 4.74 Å². The zero-order chi connectivity index (χ0) is 19.3. The van der Waals surface area contributed by atoms with Gasteiger partial charge in [0, 0.05) is 30.3 Å². The van der Waals surface area contributed by atoms with E-state index in [9.17, 15) is 4.79 Å². The van der Waals surface area contributed by atoms with Crippen LogP contribution in [0.4, 0.5) is 5.69 Å². The third-order valence-electron chi connectivity index (χ3n) is 5.27. The fraction of sp³-hybridized carbons (Fsp3) is 0.240. The number of hydrogen-bond donors (Lipinski definition) is 0. The minimum Gasteiger partial charge on any atom is -0.457 e. The smallest absolute Gasteiger partial charge is 0.135 e. The van der Waals surface area contributed by atoms with Gasteiger partial charge in [0.25, 0.3) is 0 Å². The quantitative estimate of drug-likeness (QED) is 0.525. The van der Waals surface area contributed by atoms with E-state index in [0.717, 1.165) is 47.7 Å².